The Morgan fingerprint density at radius 2 is 2.09 bits per heavy atom. The van der Waals surface area contributed by atoms with E-state index >= 15 is 0 Å². The van der Waals surface area contributed by atoms with Crippen LogP contribution in [0.15, 0.2) is 6.20 Å². The van der Waals surface area contributed by atoms with Gasteiger partial charge >= 0.3 is 5.97 Å². The third kappa shape index (κ3) is 3.24. The SMILES string of the molecule is CCC(CC)n1ncc(C(=O)N2CC(OC)CC2C(=O)O)c1C. The normalized spacial score (nSPS) is 21.2. The maximum Gasteiger partial charge on any atom is 0.326 e. The van der Waals surface area contributed by atoms with Crippen molar-refractivity contribution in [2.24, 2.45) is 0 Å². The van der Waals surface area contributed by atoms with Gasteiger partial charge < -0.3 is 14.7 Å². The van der Waals surface area contributed by atoms with Gasteiger partial charge in [-0.25, -0.2) is 4.79 Å². The van der Waals surface area contributed by atoms with Gasteiger partial charge in [0.1, 0.15) is 6.04 Å². The van der Waals surface area contributed by atoms with Crippen molar-refractivity contribution in [1.29, 1.82) is 0 Å². The van der Waals surface area contributed by atoms with Crippen LogP contribution in [0.4, 0.5) is 0 Å². The van der Waals surface area contributed by atoms with Crippen LogP contribution in [0.5, 0.6) is 0 Å². The van der Waals surface area contributed by atoms with Gasteiger partial charge in [0.15, 0.2) is 0 Å². The third-order valence-corrected chi connectivity index (χ3v) is 4.71. The number of carboxylic acids is 1. The average Bonchev–Trinajstić information content (AvgIpc) is 3.13. The van der Waals surface area contributed by atoms with Gasteiger partial charge in [0.25, 0.3) is 5.91 Å². The molecule has 128 valence electrons. The fourth-order valence-electron chi connectivity index (χ4n) is 3.22. The standard InChI is InChI=1S/C16H25N3O4/c1-5-11(6-2)19-10(3)13(8-17-19)15(20)18-9-12(23-4)7-14(18)16(21)22/h8,11-12,14H,5-7,9H2,1-4H3,(H,21,22). The van der Waals surface area contributed by atoms with Gasteiger partial charge in [0.05, 0.1) is 23.9 Å². The number of ether oxygens (including phenoxy) is 1. The molecule has 2 rings (SSSR count). The molecular weight excluding hydrogens is 298 g/mol. The van der Waals surface area contributed by atoms with Crippen molar-refractivity contribution < 1.29 is 19.4 Å². The molecule has 2 heterocycles. The predicted octanol–water partition coefficient (Wildman–Crippen LogP) is 1.87. The Kier molecular flexibility index (Phi) is 5.41. The maximum absolute atomic E-state index is 12.8. The van der Waals surface area contributed by atoms with Crippen molar-refractivity contribution >= 4 is 11.9 Å². The molecule has 23 heavy (non-hydrogen) atoms. The minimum absolute atomic E-state index is 0.241. The minimum Gasteiger partial charge on any atom is -0.480 e. The average molecular weight is 323 g/mol. The van der Waals surface area contributed by atoms with Crippen LogP contribution in [-0.2, 0) is 9.53 Å². The molecule has 0 spiro atoms. The summed E-state index contributed by atoms with van der Waals surface area (Å²) in [6.07, 6.45) is 3.49. The molecular formula is C16H25N3O4. The Bertz CT molecular complexity index is 580. The zero-order valence-corrected chi connectivity index (χ0v) is 14.2. The van der Waals surface area contributed by atoms with Gasteiger partial charge in [-0.1, -0.05) is 13.8 Å². The van der Waals surface area contributed by atoms with E-state index in [1.807, 2.05) is 11.6 Å². The molecule has 1 aromatic heterocycles. The molecule has 0 aliphatic carbocycles. The van der Waals surface area contributed by atoms with Crippen molar-refractivity contribution in [3.05, 3.63) is 17.5 Å². The Morgan fingerprint density at radius 3 is 2.61 bits per heavy atom. The molecule has 7 nitrogen and oxygen atoms in total. The van der Waals surface area contributed by atoms with E-state index < -0.39 is 12.0 Å². The zero-order valence-electron chi connectivity index (χ0n) is 14.2. The maximum atomic E-state index is 12.8. The molecule has 1 aliphatic heterocycles. The Morgan fingerprint density at radius 1 is 1.43 bits per heavy atom. The van der Waals surface area contributed by atoms with E-state index in [-0.39, 0.29) is 18.1 Å². The molecule has 1 amide bonds. The molecule has 0 aromatic carbocycles. The van der Waals surface area contributed by atoms with Crippen LogP contribution in [0.1, 0.15) is 55.2 Å². The van der Waals surface area contributed by atoms with E-state index in [2.05, 4.69) is 18.9 Å². The number of methoxy groups -OCH3 is 1. The zero-order chi connectivity index (χ0) is 17.1. The Balaban J connectivity index is 2.28. The second-order valence-electron chi connectivity index (χ2n) is 5.96. The predicted molar refractivity (Wildman–Crippen MR) is 84.5 cm³/mol. The number of carboxylic acid groups (broad SMARTS) is 1. The summed E-state index contributed by atoms with van der Waals surface area (Å²) in [4.78, 5) is 25.6. The molecule has 0 bridgehead atoms. The highest BCUT2D eigenvalue weighted by Gasteiger charge is 2.41. The number of carbonyl (C=O) groups is 2. The van der Waals surface area contributed by atoms with Crippen LogP contribution in [0.25, 0.3) is 0 Å². The summed E-state index contributed by atoms with van der Waals surface area (Å²) in [5.41, 5.74) is 1.26. The summed E-state index contributed by atoms with van der Waals surface area (Å²) < 4.78 is 7.11. The largest absolute Gasteiger partial charge is 0.480 e. The number of amides is 1. The molecule has 1 N–H and O–H groups in total. The summed E-state index contributed by atoms with van der Waals surface area (Å²) >= 11 is 0. The van der Waals surface area contributed by atoms with Crippen molar-refractivity contribution in [3.8, 4) is 0 Å². The Hall–Kier alpha value is -1.89. The summed E-state index contributed by atoms with van der Waals surface area (Å²) in [5.74, 6) is -1.28. The van der Waals surface area contributed by atoms with Crippen LogP contribution < -0.4 is 0 Å². The lowest BCUT2D eigenvalue weighted by Crippen LogP contribution is -2.40. The van der Waals surface area contributed by atoms with Crippen molar-refractivity contribution in [3.63, 3.8) is 0 Å². The van der Waals surface area contributed by atoms with E-state index in [1.165, 1.54) is 12.0 Å². The van der Waals surface area contributed by atoms with Gasteiger partial charge in [-0.15, -0.1) is 0 Å². The number of likely N-dealkylation sites (tertiary alicyclic amines) is 1. The number of aromatic nitrogens is 2. The summed E-state index contributed by atoms with van der Waals surface area (Å²) in [6.45, 7) is 6.32. The fraction of sp³-hybridized carbons (Fsp3) is 0.688. The number of carbonyl (C=O) groups excluding carboxylic acids is 1. The van der Waals surface area contributed by atoms with E-state index in [4.69, 9.17) is 4.74 Å². The first kappa shape index (κ1) is 17.5. The first-order chi connectivity index (χ1) is 10.9. The van der Waals surface area contributed by atoms with Gasteiger partial charge in [0.2, 0.25) is 0 Å². The second-order valence-corrected chi connectivity index (χ2v) is 5.96. The molecule has 0 saturated carbocycles. The summed E-state index contributed by atoms with van der Waals surface area (Å²) in [5, 5.41) is 13.7. The molecule has 1 saturated heterocycles. The number of rotatable bonds is 6. The molecule has 7 heteroatoms. The number of hydrogen-bond acceptors (Lipinski definition) is 4. The van der Waals surface area contributed by atoms with E-state index in [1.54, 1.807) is 6.20 Å². The highest BCUT2D eigenvalue weighted by Crippen LogP contribution is 2.25. The Labute approximate surface area is 136 Å². The highest BCUT2D eigenvalue weighted by atomic mass is 16.5. The lowest BCUT2D eigenvalue weighted by atomic mass is 10.1. The van der Waals surface area contributed by atoms with Crippen LogP contribution >= 0.6 is 0 Å². The smallest absolute Gasteiger partial charge is 0.326 e. The van der Waals surface area contributed by atoms with E-state index in [9.17, 15) is 14.7 Å². The molecule has 1 aliphatic rings. The summed E-state index contributed by atoms with van der Waals surface area (Å²) in [7, 11) is 1.54. The van der Waals surface area contributed by atoms with Gasteiger partial charge in [-0.05, 0) is 19.8 Å². The first-order valence-electron chi connectivity index (χ1n) is 8.05. The molecule has 1 aromatic rings. The molecule has 2 unspecified atom stereocenters. The van der Waals surface area contributed by atoms with Crippen molar-refractivity contribution in [1.82, 2.24) is 14.7 Å². The molecule has 0 radical (unpaired) electrons. The van der Waals surface area contributed by atoms with Crippen LogP contribution in [0.2, 0.25) is 0 Å². The van der Waals surface area contributed by atoms with Crippen LogP contribution in [-0.4, -0.2) is 57.5 Å². The lowest BCUT2D eigenvalue weighted by molar-refractivity contribution is -0.141. The van der Waals surface area contributed by atoms with E-state index in [0.717, 1.165) is 18.5 Å². The quantitative estimate of drug-likeness (QED) is 0.864. The van der Waals surface area contributed by atoms with E-state index in [0.29, 0.717) is 18.5 Å². The highest BCUT2D eigenvalue weighted by molar-refractivity contribution is 5.97. The van der Waals surface area contributed by atoms with Gasteiger partial charge in [-0.2, -0.15) is 5.10 Å². The first-order valence-corrected chi connectivity index (χ1v) is 8.05. The number of aliphatic carboxylic acids is 1. The second kappa shape index (κ2) is 7.12. The van der Waals surface area contributed by atoms with Crippen LogP contribution in [0, 0.1) is 6.92 Å². The fourth-order valence-corrected chi connectivity index (χ4v) is 3.22. The van der Waals surface area contributed by atoms with Gasteiger partial charge in [0, 0.05) is 25.8 Å². The van der Waals surface area contributed by atoms with Crippen LogP contribution in [0.3, 0.4) is 0 Å². The minimum atomic E-state index is -0.997. The van der Waals surface area contributed by atoms with Crippen molar-refractivity contribution in [2.45, 2.75) is 58.2 Å². The monoisotopic (exact) mass is 323 g/mol. The third-order valence-electron chi connectivity index (χ3n) is 4.71. The summed E-state index contributed by atoms with van der Waals surface area (Å²) in [6, 6.07) is -0.597. The molecule has 1 fully saturated rings. The lowest BCUT2D eigenvalue weighted by Gasteiger charge is -2.21. The number of hydrogen-bond donors (Lipinski definition) is 1. The topological polar surface area (TPSA) is 84.7 Å². The van der Waals surface area contributed by atoms with Gasteiger partial charge in [-0.3, -0.25) is 9.48 Å². The number of nitrogens with zero attached hydrogens (tertiary/aromatic N) is 3. The van der Waals surface area contributed by atoms with Crippen molar-refractivity contribution in [2.75, 3.05) is 13.7 Å². The molecule has 2 atom stereocenters.